The molecule has 0 atom stereocenters. The van der Waals surface area contributed by atoms with E-state index in [1.54, 1.807) is 36.4 Å². The van der Waals surface area contributed by atoms with E-state index in [9.17, 15) is 13.2 Å². The molecule has 8 heteroatoms. The summed E-state index contributed by atoms with van der Waals surface area (Å²) in [6.07, 6.45) is -3.87. The Hall–Kier alpha value is -3.03. The second kappa shape index (κ2) is 6.36. The molecule has 0 aliphatic carbocycles. The molecule has 2 aromatic carbocycles. The van der Waals surface area contributed by atoms with Crippen molar-refractivity contribution in [3.63, 3.8) is 0 Å². The average Bonchev–Trinajstić information content (AvgIpc) is 2.86. The highest BCUT2D eigenvalue weighted by Crippen LogP contribution is 2.35. The van der Waals surface area contributed by atoms with Crippen molar-refractivity contribution in [2.45, 2.75) is 12.6 Å². The minimum absolute atomic E-state index is 0.0809. The van der Waals surface area contributed by atoms with Crippen molar-refractivity contribution in [2.75, 3.05) is 18.5 Å². The monoisotopic (exact) mass is 361 g/mol. The van der Waals surface area contributed by atoms with E-state index in [0.717, 1.165) is 6.42 Å². The summed E-state index contributed by atoms with van der Waals surface area (Å²) in [4.78, 5) is 7.29. The summed E-state index contributed by atoms with van der Waals surface area (Å²) >= 11 is 0. The number of ether oxygens (including phenoxy) is 2. The maximum Gasteiger partial charge on any atom is 0.451 e. The third-order valence-corrected chi connectivity index (χ3v) is 3.87. The molecule has 0 bridgehead atoms. The fourth-order valence-corrected chi connectivity index (χ4v) is 2.68. The van der Waals surface area contributed by atoms with Crippen LogP contribution in [0.25, 0.3) is 10.9 Å². The fourth-order valence-electron chi connectivity index (χ4n) is 2.68. The molecular formula is C18H14F3N3O2. The Morgan fingerprint density at radius 1 is 0.923 bits per heavy atom. The first kappa shape index (κ1) is 16.4. The Balaban J connectivity index is 1.76. The summed E-state index contributed by atoms with van der Waals surface area (Å²) < 4.78 is 50.5. The molecule has 0 radical (unpaired) electrons. The van der Waals surface area contributed by atoms with Gasteiger partial charge in [-0.25, -0.2) is 9.97 Å². The molecular weight excluding hydrogens is 347 g/mol. The van der Waals surface area contributed by atoms with Gasteiger partial charge >= 0.3 is 6.18 Å². The zero-order valence-corrected chi connectivity index (χ0v) is 13.5. The lowest BCUT2D eigenvalue weighted by Crippen LogP contribution is -2.12. The van der Waals surface area contributed by atoms with Crippen LogP contribution in [0.15, 0.2) is 42.5 Å². The van der Waals surface area contributed by atoms with Gasteiger partial charge in [0.1, 0.15) is 5.82 Å². The number of nitrogens with zero attached hydrogens (tertiary/aromatic N) is 2. The second-order valence-corrected chi connectivity index (χ2v) is 5.75. The van der Waals surface area contributed by atoms with Gasteiger partial charge in [-0.2, -0.15) is 13.2 Å². The molecule has 0 saturated carbocycles. The van der Waals surface area contributed by atoms with Gasteiger partial charge in [-0.05, 0) is 24.3 Å². The summed E-state index contributed by atoms with van der Waals surface area (Å²) in [6.45, 7) is 1.08. The number of benzene rings is 2. The van der Waals surface area contributed by atoms with Crippen molar-refractivity contribution >= 4 is 22.4 Å². The lowest BCUT2D eigenvalue weighted by atomic mass is 10.2. The van der Waals surface area contributed by atoms with Crippen LogP contribution < -0.4 is 14.8 Å². The number of hydrogen-bond donors (Lipinski definition) is 1. The van der Waals surface area contributed by atoms with Gasteiger partial charge in [0.05, 0.1) is 18.7 Å². The first-order valence-corrected chi connectivity index (χ1v) is 8.01. The van der Waals surface area contributed by atoms with Crippen molar-refractivity contribution in [3.05, 3.63) is 48.3 Å². The van der Waals surface area contributed by atoms with E-state index in [1.165, 1.54) is 6.07 Å². The SMILES string of the molecule is FC(F)(F)c1nc(Nc2ccc3c(c2)OCCCO3)c2ccccc2n1. The lowest BCUT2D eigenvalue weighted by molar-refractivity contribution is -0.144. The van der Waals surface area contributed by atoms with Gasteiger partial charge in [-0.1, -0.05) is 12.1 Å². The standard InChI is InChI=1S/C18H14F3N3O2/c19-18(20,21)17-23-13-5-2-1-4-12(13)16(24-17)22-11-6-7-14-15(10-11)26-9-3-8-25-14/h1-2,4-7,10H,3,8-9H2,(H,22,23,24). The molecule has 134 valence electrons. The van der Waals surface area contributed by atoms with Gasteiger partial charge in [0.2, 0.25) is 5.82 Å². The van der Waals surface area contributed by atoms with Crippen molar-refractivity contribution in [1.82, 2.24) is 9.97 Å². The largest absolute Gasteiger partial charge is 0.490 e. The van der Waals surface area contributed by atoms with Crippen molar-refractivity contribution < 1.29 is 22.6 Å². The third-order valence-electron chi connectivity index (χ3n) is 3.87. The number of aromatic nitrogens is 2. The molecule has 2 heterocycles. The molecule has 0 spiro atoms. The molecule has 1 aliphatic heterocycles. The zero-order valence-electron chi connectivity index (χ0n) is 13.5. The highest BCUT2D eigenvalue weighted by atomic mass is 19.4. The zero-order chi connectivity index (χ0) is 18.1. The van der Waals surface area contributed by atoms with Crippen LogP contribution in [-0.2, 0) is 6.18 Å². The van der Waals surface area contributed by atoms with Gasteiger partial charge < -0.3 is 14.8 Å². The maximum absolute atomic E-state index is 13.1. The van der Waals surface area contributed by atoms with E-state index in [2.05, 4.69) is 15.3 Å². The summed E-state index contributed by atoms with van der Waals surface area (Å²) in [7, 11) is 0. The predicted molar refractivity (Wildman–Crippen MR) is 89.9 cm³/mol. The van der Waals surface area contributed by atoms with Crippen molar-refractivity contribution in [2.24, 2.45) is 0 Å². The van der Waals surface area contributed by atoms with Crippen LogP contribution >= 0.6 is 0 Å². The maximum atomic E-state index is 13.1. The van der Waals surface area contributed by atoms with Gasteiger partial charge in [-0.15, -0.1) is 0 Å². The van der Waals surface area contributed by atoms with Crippen LogP contribution in [0.1, 0.15) is 12.2 Å². The Morgan fingerprint density at radius 2 is 1.69 bits per heavy atom. The lowest BCUT2D eigenvalue weighted by Gasteiger charge is -2.14. The quantitative estimate of drug-likeness (QED) is 0.726. The number of para-hydroxylation sites is 1. The highest BCUT2D eigenvalue weighted by molar-refractivity contribution is 5.90. The topological polar surface area (TPSA) is 56.3 Å². The molecule has 1 N–H and O–H groups in total. The number of rotatable bonds is 2. The Labute approximate surface area is 146 Å². The molecule has 5 nitrogen and oxygen atoms in total. The Morgan fingerprint density at radius 3 is 2.50 bits per heavy atom. The smallest absolute Gasteiger partial charge is 0.451 e. The van der Waals surface area contributed by atoms with Crippen LogP contribution in [0.2, 0.25) is 0 Å². The molecule has 0 fully saturated rings. The number of anilines is 2. The normalized spacial score (nSPS) is 14.1. The van der Waals surface area contributed by atoms with Gasteiger partial charge in [0.15, 0.2) is 11.5 Å². The predicted octanol–water partition coefficient (Wildman–Crippen LogP) is 4.55. The van der Waals surface area contributed by atoms with Gasteiger partial charge in [0.25, 0.3) is 0 Å². The first-order valence-electron chi connectivity index (χ1n) is 8.01. The molecule has 0 unspecified atom stereocenters. The van der Waals surface area contributed by atoms with Crippen LogP contribution in [0.4, 0.5) is 24.7 Å². The molecule has 3 aromatic rings. The molecule has 1 aromatic heterocycles. The van der Waals surface area contributed by atoms with E-state index in [0.29, 0.717) is 35.8 Å². The summed E-state index contributed by atoms with van der Waals surface area (Å²) in [5.74, 6) is 0.0453. The van der Waals surface area contributed by atoms with E-state index in [-0.39, 0.29) is 11.3 Å². The number of fused-ring (bicyclic) bond motifs is 2. The van der Waals surface area contributed by atoms with Crippen LogP contribution in [0.3, 0.4) is 0 Å². The van der Waals surface area contributed by atoms with Crippen molar-refractivity contribution in [1.29, 1.82) is 0 Å². The number of hydrogen-bond acceptors (Lipinski definition) is 5. The van der Waals surface area contributed by atoms with Gasteiger partial charge in [0, 0.05) is 23.6 Å². The first-order chi connectivity index (χ1) is 12.5. The number of halogens is 3. The van der Waals surface area contributed by atoms with E-state index in [1.807, 2.05) is 0 Å². The second-order valence-electron chi connectivity index (χ2n) is 5.75. The molecule has 26 heavy (non-hydrogen) atoms. The average molecular weight is 361 g/mol. The molecule has 1 aliphatic rings. The number of nitrogens with one attached hydrogen (secondary N) is 1. The molecule has 0 saturated heterocycles. The van der Waals surface area contributed by atoms with Crippen LogP contribution in [-0.4, -0.2) is 23.2 Å². The van der Waals surface area contributed by atoms with Crippen LogP contribution in [0, 0.1) is 0 Å². The molecule has 4 rings (SSSR count). The van der Waals surface area contributed by atoms with Crippen LogP contribution in [0.5, 0.6) is 11.5 Å². The summed E-state index contributed by atoms with van der Waals surface area (Å²) in [5.41, 5.74) is 0.762. The van der Waals surface area contributed by atoms with E-state index >= 15 is 0 Å². The molecule has 0 amide bonds. The minimum atomic E-state index is -4.63. The Kier molecular flexibility index (Phi) is 4.02. The van der Waals surface area contributed by atoms with E-state index < -0.39 is 12.0 Å². The summed E-state index contributed by atoms with van der Waals surface area (Å²) in [5, 5.41) is 3.44. The van der Waals surface area contributed by atoms with E-state index in [4.69, 9.17) is 9.47 Å². The number of alkyl halides is 3. The highest BCUT2D eigenvalue weighted by Gasteiger charge is 2.35. The van der Waals surface area contributed by atoms with Gasteiger partial charge in [-0.3, -0.25) is 0 Å². The van der Waals surface area contributed by atoms with Crippen molar-refractivity contribution in [3.8, 4) is 11.5 Å². The minimum Gasteiger partial charge on any atom is -0.490 e. The fraction of sp³-hybridized carbons (Fsp3) is 0.222. The third kappa shape index (κ3) is 3.22. The summed E-state index contributed by atoms with van der Waals surface area (Å²) in [6, 6.07) is 11.6. The Bertz CT molecular complexity index is 960.